The molecule has 0 spiro atoms. The summed E-state index contributed by atoms with van der Waals surface area (Å²) in [5.41, 5.74) is 9.03. The van der Waals surface area contributed by atoms with Gasteiger partial charge in [0.1, 0.15) is 11.6 Å². The topological polar surface area (TPSA) is 151 Å². The van der Waals surface area contributed by atoms with Gasteiger partial charge in [0.2, 0.25) is 11.0 Å². The van der Waals surface area contributed by atoms with Crippen LogP contribution < -0.4 is 16.0 Å². The lowest BCUT2D eigenvalue weighted by atomic mass is 9.68. The highest BCUT2D eigenvalue weighted by Gasteiger charge is 2.45. The SMILES string of the molecule is COC(=O)c1ccc(C2C(C#N)=C(N)N(c3nnc(SCC(=O)Nc4ccc(F)cc4)s3)C3=C2C(=O)CC(C)(C)C3)cc1. The maximum Gasteiger partial charge on any atom is 0.337 e. The van der Waals surface area contributed by atoms with Gasteiger partial charge in [0.25, 0.3) is 0 Å². The van der Waals surface area contributed by atoms with E-state index in [4.69, 9.17) is 10.5 Å². The Morgan fingerprint density at radius 1 is 1.19 bits per heavy atom. The van der Waals surface area contributed by atoms with Crippen molar-refractivity contribution in [3.8, 4) is 6.07 Å². The molecule has 1 unspecified atom stereocenters. The highest BCUT2D eigenvalue weighted by molar-refractivity contribution is 8.01. The van der Waals surface area contributed by atoms with Crippen molar-refractivity contribution in [1.82, 2.24) is 10.2 Å². The summed E-state index contributed by atoms with van der Waals surface area (Å²) in [7, 11) is 1.29. The number of nitrogens with zero attached hydrogens (tertiary/aromatic N) is 4. The molecule has 13 heteroatoms. The number of carbonyl (C=O) groups is 3. The Hall–Kier alpha value is -4.54. The first-order valence-electron chi connectivity index (χ1n) is 13.2. The molecule has 1 aliphatic heterocycles. The minimum absolute atomic E-state index is 0.0316. The first-order valence-corrected chi connectivity index (χ1v) is 15.0. The number of ketones is 1. The molecule has 1 aliphatic carbocycles. The van der Waals surface area contributed by atoms with Gasteiger partial charge in [-0.2, -0.15) is 5.26 Å². The molecule has 1 amide bonds. The maximum absolute atomic E-state index is 13.7. The van der Waals surface area contributed by atoms with E-state index >= 15 is 0 Å². The Kier molecular flexibility index (Phi) is 8.34. The van der Waals surface area contributed by atoms with Gasteiger partial charge < -0.3 is 15.8 Å². The molecule has 0 radical (unpaired) electrons. The monoisotopic (exact) mass is 618 g/mol. The van der Waals surface area contributed by atoms with Gasteiger partial charge in [-0.25, -0.2) is 9.18 Å². The third-order valence-electron chi connectivity index (χ3n) is 7.09. The highest BCUT2D eigenvalue weighted by atomic mass is 32.2. The summed E-state index contributed by atoms with van der Waals surface area (Å²) in [5, 5.41) is 21.9. The molecular weight excluding hydrogens is 592 g/mol. The average molecular weight is 619 g/mol. The lowest BCUT2D eigenvalue weighted by Crippen LogP contribution is -2.42. The fraction of sp³-hybridized carbons (Fsp3) is 0.267. The van der Waals surface area contributed by atoms with Crippen molar-refractivity contribution in [2.24, 2.45) is 11.1 Å². The number of esters is 1. The van der Waals surface area contributed by atoms with Crippen LogP contribution in [0.3, 0.4) is 0 Å². The molecule has 0 bridgehead atoms. The molecule has 3 aromatic rings. The number of nitrogens with one attached hydrogen (secondary N) is 1. The first-order chi connectivity index (χ1) is 20.5. The number of rotatable bonds is 7. The van der Waals surface area contributed by atoms with Crippen molar-refractivity contribution >= 4 is 51.6 Å². The summed E-state index contributed by atoms with van der Waals surface area (Å²) in [5.74, 6) is -1.85. The number of Topliss-reactive ketones (excluding diaryl/α,β-unsaturated/α-hetero) is 1. The number of halogens is 1. The van der Waals surface area contributed by atoms with E-state index in [1.54, 1.807) is 29.2 Å². The van der Waals surface area contributed by atoms with Gasteiger partial charge in [-0.1, -0.05) is 49.1 Å². The molecule has 43 heavy (non-hydrogen) atoms. The van der Waals surface area contributed by atoms with Crippen LogP contribution in [0, 0.1) is 22.6 Å². The first kappa shape index (κ1) is 29.9. The number of aromatic nitrogens is 2. The highest BCUT2D eigenvalue weighted by Crippen LogP contribution is 2.50. The predicted octanol–water partition coefficient (Wildman–Crippen LogP) is 5.14. The Morgan fingerprint density at radius 2 is 1.88 bits per heavy atom. The van der Waals surface area contributed by atoms with Crippen LogP contribution in [-0.4, -0.2) is 40.7 Å². The van der Waals surface area contributed by atoms with E-state index in [9.17, 15) is 24.0 Å². The summed E-state index contributed by atoms with van der Waals surface area (Å²) < 4.78 is 18.4. The second kappa shape index (κ2) is 12.0. The van der Waals surface area contributed by atoms with Crippen LogP contribution in [0.1, 0.15) is 48.5 Å². The molecule has 2 heterocycles. The zero-order valence-corrected chi connectivity index (χ0v) is 25.1. The fourth-order valence-electron chi connectivity index (χ4n) is 5.20. The molecule has 10 nitrogen and oxygen atoms in total. The van der Waals surface area contributed by atoms with Crippen molar-refractivity contribution in [3.05, 3.63) is 88.1 Å². The molecule has 0 saturated carbocycles. The van der Waals surface area contributed by atoms with E-state index in [-0.39, 0.29) is 40.7 Å². The average Bonchev–Trinajstić information content (AvgIpc) is 3.44. The van der Waals surface area contributed by atoms with E-state index in [2.05, 4.69) is 21.6 Å². The largest absolute Gasteiger partial charge is 0.465 e. The minimum atomic E-state index is -0.719. The summed E-state index contributed by atoms with van der Waals surface area (Å²) in [4.78, 5) is 39.8. The lowest BCUT2D eigenvalue weighted by Gasteiger charge is -2.42. The Balaban J connectivity index is 1.46. The maximum atomic E-state index is 13.7. The Labute approximate surface area is 255 Å². The molecule has 220 valence electrons. The Bertz CT molecular complexity index is 1710. The summed E-state index contributed by atoms with van der Waals surface area (Å²) in [6, 6.07) is 14.3. The second-order valence-electron chi connectivity index (χ2n) is 10.8. The van der Waals surface area contributed by atoms with Crippen LogP contribution in [0.25, 0.3) is 0 Å². The number of anilines is 2. The number of hydrogen-bond acceptors (Lipinski definition) is 11. The molecular formula is C30H27FN6O4S2. The number of thioether (sulfide) groups is 1. The summed E-state index contributed by atoms with van der Waals surface area (Å²) in [6.45, 7) is 3.99. The van der Waals surface area contributed by atoms with E-state index < -0.39 is 17.7 Å². The second-order valence-corrected chi connectivity index (χ2v) is 13.0. The number of nitriles is 1. The zero-order valence-electron chi connectivity index (χ0n) is 23.5. The number of carbonyl (C=O) groups excluding carboxylic acids is 3. The lowest BCUT2D eigenvalue weighted by molar-refractivity contribution is -0.118. The molecule has 1 atom stereocenters. The van der Waals surface area contributed by atoms with E-state index in [0.717, 1.165) is 0 Å². The number of amides is 1. The predicted molar refractivity (Wildman–Crippen MR) is 161 cm³/mol. The van der Waals surface area contributed by atoms with Crippen molar-refractivity contribution in [2.75, 3.05) is 23.1 Å². The molecule has 2 aliphatic rings. The quantitative estimate of drug-likeness (QED) is 0.269. The number of benzene rings is 2. The Morgan fingerprint density at radius 3 is 2.53 bits per heavy atom. The van der Waals surface area contributed by atoms with E-state index in [0.29, 0.717) is 44.0 Å². The van der Waals surface area contributed by atoms with E-state index in [1.165, 1.54) is 54.5 Å². The third kappa shape index (κ3) is 6.16. The third-order valence-corrected chi connectivity index (χ3v) is 9.13. The number of nitrogens with two attached hydrogens (primary N) is 1. The summed E-state index contributed by atoms with van der Waals surface area (Å²) in [6.07, 6.45) is 0.780. The number of allylic oxidation sites excluding steroid dienone is 3. The van der Waals surface area contributed by atoms with Gasteiger partial charge >= 0.3 is 5.97 Å². The molecule has 5 rings (SSSR count). The van der Waals surface area contributed by atoms with Gasteiger partial charge in [-0.05, 0) is 53.8 Å². The molecule has 2 aromatic carbocycles. The smallest absolute Gasteiger partial charge is 0.337 e. The van der Waals surface area contributed by atoms with Crippen LogP contribution >= 0.6 is 23.1 Å². The van der Waals surface area contributed by atoms with Crippen LogP contribution in [0.5, 0.6) is 0 Å². The normalized spacial score (nSPS) is 17.8. The molecule has 1 aromatic heterocycles. The van der Waals surface area contributed by atoms with Crippen LogP contribution in [-0.2, 0) is 14.3 Å². The van der Waals surface area contributed by atoms with Gasteiger partial charge in [-0.15, -0.1) is 10.2 Å². The van der Waals surface area contributed by atoms with Crippen molar-refractivity contribution in [3.63, 3.8) is 0 Å². The number of hydrogen-bond donors (Lipinski definition) is 2. The van der Waals surface area contributed by atoms with Crippen molar-refractivity contribution < 1.29 is 23.5 Å². The number of methoxy groups -OCH3 is 1. The van der Waals surface area contributed by atoms with Crippen LogP contribution in [0.2, 0.25) is 0 Å². The van der Waals surface area contributed by atoms with Crippen molar-refractivity contribution in [2.45, 2.75) is 36.9 Å². The minimum Gasteiger partial charge on any atom is -0.465 e. The molecule has 3 N–H and O–H groups in total. The van der Waals surface area contributed by atoms with Crippen LogP contribution in [0.15, 0.2) is 75.5 Å². The summed E-state index contributed by atoms with van der Waals surface area (Å²) >= 11 is 2.35. The number of ether oxygens (including phenoxy) is 1. The zero-order chi connectivity index (χ0) is 30.9. The van der Waals surface area contributed by atoms with Gasteiger partial charge in [-0.3, -0.25) is 14.5 Å². The van der Waals surface area contributed by atoms with Crippen molar-refractivity contribution in [1.29, 1.82) is 5.26 Å². The molecule has 0 fully saturated rings. The van der Waals surface area contributed by atoms with Gasteiger partial charge in [0.15, 0.2) is 10.1 Å². The van der Waals surface area contributed by atoms with E-state index in [1.807, 2.05) is 13.8 Å². The van der Waals surface area contributed by atoms with Crippen LogP contribution in [0.4, 0.5) is 15.2 Å². The van der Waals surface area contributed by atoms with Gasteiger partial charge in [0.05, 0.1) is 36.0 Å². The fourth-order valence-corrected chi connectivity index (χ4v) is 6.88. The molecule has 0 saturated heterocycles. The standard InChI is InChI=1S/C30H27FN6O4S2/c1-30(2)12-21-25(22(38)13-30)24(16-4-6-17(7-5-16)27(40)41-3)20(14-32)26(33)37(21)28-35-36-29(43-28)42-15-23(39)34-19-10-8-18(31)9-11-19/h4-11,24H,12-13,15,33H2,1-3H3,(H,34,39). The van der Waals surface area contributed by atoms with Gasteiger partial charge in [0, 0.05) is 23.4 Å².